The summed E-state index contributed by atoms with van der Waals surface area (Å²) in [6, 6.07) is 9.75. The quantitative estimate of drug-likeness (QED) is 0.695. The van der Waals surface area contributed by atoms with Gasteiger partial charge in [0, 0.05) is 29.9 Å². The molecule has 5 heteroatoms. The third kappa shape index (κ3) is 5.19. The van der Waals surface area contributed by atoms with E-state index in [1.54, 1.807) is 0 Å². The summed E-state index contributed by atoms with van der Waals surface area (Å²) in [7, 11) is 0. The van der Waals surface area contributed by atoms with Gasteiger partial charge in [-0.25, -0.2) is 4.98 Å². The van der Waals surface area contributed by atoms with E-state index in [2.05, 4.69) is 27.5 Å². The van der Waals surface area contributed by atoms with Crippen molar-refractivity contribution in [2.24, 2.45) is 0 Å². The number of hydrogen-bond acceptors (Lipinski definition) is 4. The SMILES string of the molecule is CCCCCNc1nc(C)cc(NCc2ccccc2Cl)n1. The van der Waals surface area contributed by atoms with Crippen LogP contribution in [0.2, 0.25) is 5.02 Å². The zero-order chi connectivity index (χ0) is 15.8. The van der Waals surface area contributed by atoms with Crippen LogP contribution in [0.25, 0.3) is 0 Å². The lowest BCUT2D eigenvalue weighted by Crippen LogP contribution is -2.09. The highest BCUT2D eigenvalue weighted by Crippen LogP contribution is 2.17. The van der Waals surface area contributed by atoms with E-state index in [1.807, 2.05) is 37.3 Å². The second-order valence-electron chi connectivity index (χ2n) is 5.30. The molecular weight excluding hydrogens is 296 g/mol. The number of anilines is 2. The maximum atomic E-state index is 6.17. The summed E-state index contributed by atoms with van der Waals surface area (Å²) in [5.74, 6) is 1.49. The molecule has 1 aromatic carbocycles. The van der Waals surface area contributed by atoms with Crippen molar-refractivity contribution in [2.45, 2.75) is 39.7 Å². The Bertz CT molecular complexity index is 601. The van der Waals surface area contributed by atoms with Crippen molar-refractivity contribution < 1.29 is 0 Å². The molecule has 0 aliphatic carbocycles. The molecule has 0 saturated carbocycles. The van der Waals surface area contributed by atoms with E-state index in [0.717, 1.165) is 35.1 Å². The second-order valence-corrected chi connectivity index (χ2v) is 5.70. The summed E-state index contributed by atoms with van der Waals surface area (Å²) in [6.07, 6.45) is 3.56. The summed E-state index contributed by atoms with van der Waals surface area (Å²) < 4.78 is 0. The monoisotopic (exact) mass is 318 g/mol. The average Bonchev–Trinajstić information content (AvgIpc) is 2.50. The molecule has 0 aliphatic rings. The number of aryl methyl sites for hydroxylation is 1. The van der Waals surface area contributed by atoms with Gasteiger partial charge < -0.3 is 10.6 Å². The first-order valence-electron chi connectivity index (χ1n) is 7.76. The number of rotatable bonds is 8. The molecule has 0 unspecified atom stereocenters. The van der Waals surface area contributed by atoms with Crippen molar-refractivity contribution in [2.75, 3.05) is 17.2 Å². The maximum Gasteiger partial charge on any atom is 0.224 e. The van der Waals surface area contributed by atoms with E-state index >= 15 is 0 Å². The normalized spacial score (nSPS) is 10.5. The van der Waals surface area contributed by atoms with Gasteiger partial charge in [0.2, 0.25) is 5.95 Å². The Morgan fingerprint density at radius 2 is 1.91 bits per heavy atom. The molecule has 4 nitrogen and oxygen atoms in total. The fourth-order valence-corrected chi connectivity index (χ4v) is 2.34. The van der Waals surface area contributed by atoms with E-state index in [9.17, 15) is 0 Å². The molecule has 0 amide bonds. The van der Waals surface area contributed by atoms with Gasteiger partial charge in [-0.3, -0.25) is 0 Å². The average molecular weight is 319 g/mol. The maximum absolute atomic E-state index is 6.17. The van der Waals surface area contributed by atoms with Gasteiger partial charge in [-0.2, -0.15) is 4.98 Å². The van der Waals surface area contributed by atoms with Gasteiger partial charge in [-0.15, -0.1) is 0 Å². The number of benzene rings is 1. The van der Waals surface area contributed by atoms with Crippen LogP contribution in [0.1, 0.15) is 37.4 Å². The molecule has 22 heavy (non-hydrogen) atoms. The largest absolute Gasteiger partial charge is 0.366 e. The van der Waals surface area contributed by atoms with Crippen LogP contribution < -0.4 is 10.6 Å². The van der Waals surface area contributed by atoms with Gasteiger partial charge in [0.1, 0.15) is 5.82 Å². The summed E-state index contributed by atoms with van der Waals surface area (Å²) in [5, 5.41) is 7.35. The highest BCUT2D eigenvalue weighted by Gasteiger charge is 2.03. The van der Waals surface area contributed by atoms with E-state index < -0.39 is 0 Å². The molecule has 118 valence electrons. The van der Waals surface area contributed by atoms with Crippen molar-refractivity contribution in [1.29, 1.82) is 0 Å². The number of nitrogens with one attached hydrogen (secondary N) is 2. The fraction of sp³-hybridized carbons (Fsp3) is 0.412. The fourth-order valence-electron chi connectivity index (χ4n) is 2.14. The number of aromatic nitrogens is 2. The molecule has 0 saturated heterocycles. The first-order chi connectivity index (χ1) is 10.7. The third-order valence-corrected chi connectivity index (χ3v) is 3.70. The Hall–Kier alpha value is -1.81. The highest BCUT2D eigenvalue weighted by molar-refractivity contribution is 6.31. The molecule has 0 aliphatic heterocycles. The van der Waals surface area contributed by atoms with Crippen LogP contribution in [0.3, 0.4) is 0 Å². The standard InChI is InChI=1S/C17H23ClN4/c1-3-4-7-10-19-17-21-13(2)11-16(22-17)20-12-14-8-5-6-9-15(14)18/h5-6,8-9,11H,3-4,7,10,12H2,1-2H3,(H2,19,20,21,22). The van der Waals surface area contributed by atoms with Crippen molar-refractivity contribution in [1.82, 2.24) is 9.97 Å². The van der Waals surface area contributed by atoms with Gasteiger partial charge >= 0.3 is 0 Å². The van der Waals surface area contributed by atoms with Gasteiger partial charge in [-0.1, -0.05) is 49.6 Å². The lowest BCUT2D eigenvalue weighted by atomic mass is 10.2. The Labute approximate surface area is 137 Å². The van der Waals surface area contributed by atoms with Crippen LogP contribution in [-0.4, -0.2) is 16.5 Å². The van der Waals surface area contributed by atoms with Crippen molar-refractivity contribution >= 4 is 23.4 Å². The van der Waals surface area contributed by atoms with Crippen molar-refractivity contribution in [3.63, 3.8) is 0 Å². The topological polar surface area (TPSA) is 49.8 Å². The Morgan fingerprint density at radius 3 is 2.68 bits per heavy atom. The molecule has 0 spiro atoms. The number of nitrogens with zero attached hydrogens (tertiary/aromatic N) is 2. The zero-order valence-corrected chi connectivity index (χ0v) is 14.0. The molecule has 0 fully saturated rings. The van der Waals surface area contributed by atoms with Crippen LogP contribution in [-0.2, 0) is 6.54 Å². The number of halogens is 1. The zero-order valence-electron chi connectivity index (χ0n) is 13.2. The van der Waals surface area contributed by atoms with Crippen molar-refractivity contribution in [3.05, 3.63) is 46.6 Å². The predicted molar refractivity (Wildman–Crippen MR) is 93.6 cm³/mol. The Kier molecular flexibility index (Phi) is 6.46. The lowest BCUT2D eigenvalue weighted by molar-refractivity contribution is 0.740. The van der Waals surface area contributed by atoms with E-state index in [1.165, 1.54) is 12.8 Å². The molecule has 2 aromatic rings. The van der Waals surface area contributed by atoms with E-state index in [0.29, 0.717) is 12.5 Å². The third-order valence-electron chi connectivity index (χ3n) is 3.34. The highest BCUT2D eigenvalue weighted by atomic mass is 35.5. The number of hydrogen-bond donors (Lipinski definition) is 2. The Balaban J connectivity index is 1.96. The van der Waals surface area contributed by atoms with Crippen LogP contribution >= 0.6 is 11.6 Å². The first kappa shape index (κ1) is 16.6. The first-order valence-corrected chi connectivity index (χ1v) is 8.13. The minimum absolute atomic E-state index is 0.644. The van der Waals surface area contributed by atoms with Crippen LogP contribution in [0.5, 0.6) is 0 Å². The lowest BCUT2D eigenvalue weighted by Gasteiger charge is -2.10. The number of unbranched alkanes of at least 4 members (excludes halogenated alkanes) is 2. The predicted octanol–water partition coefficient (Wildman–Crippen LogP) is 4.65. The summed E-state index contributed by atoms with van der Waals surface area (Å²) in [6.45, 7) is 5.71. The Morgan fingerprint density at radius 1 is 1.09 bits per heavy atom. The molecule has 1 heterocycles. The van der Waals surface area contributed by atoms with Gasteiger partial charge in [-0.05, 0) is 25.0 Å². The molecule has 2 N–H and O–H groups in total. The summed E-state index contributed by atoms with van der Waals surface area (Å²) >= 11 is 6.17. The molecule has 2 rings (SSSR count). The second kappa shape index (κ2) is 8.59. The molecule has 0 radical (unpaired) electrons. The van der Waals surface area contributed by atoms with Crippen LogP contribution in [0.15, 0.2) is 30.3 Å². The minimum atomic E-state index is 0.644. The van der Waals surface area contributed by atoms with Gasteiger partial charge in [0.25, 0.3) is 0 Å². The van der Waals surface area contributed by atoms with Gasteiger partial charge in [0.05, 0.1) is 0 Å². The molecule has 0 atom stereocenters. The van der Waals surface area contributed by atoms with Crippen LogP contribution in [0.4, 0.5) is 11.8 Å². The van der Waals surface area contributed by atoms with Crippen LogP contribution in [0, 0.1) is 6.92 Å². The summed E-state index contributed by atoms with van der Waals surface area (Å²) in [4.78, 5) is 8.92. The van der Waals surface area contributed by atoms with E-state index in [-0.39, 0.29) is 0 Å². The molecule has 1 aromatic heterocycles. The smallest absolute Gasteiger partial charge is 0.224 e. The van der Waals surface area contributed by atoms with E-state index in [4.69, 9.17) is 11.6 Å². The molecular formula is C17H23ClN4. The van der Waals surface area contributed by atoms with Crippen molar-refractivity contribution in [3.8, 4) is 0 Å². The minimum Gasteiger partial charge on any atom is -0.366 e. The summed E-state index contributed by atoms with van der Waals surface area (Å²) in [5.41, 5.74) is 1.99. The van der Waals surface area contributed by atoms with Gasteiger partial charge in [0.15, 0.2) is 0 Å². The molecule has 0 bridgehead atoms.